The van der Waals surface area contributed by atoms with Crippen LogP contribution in [0.25, 0.3) is 0 Å². The van der Waals surface area contributed by atoms with Crippen molar-refractivity contribution in [2.24, 2.45) is 5.92 Å². The fourth-order valence-corrected chi connectivity index (χ4v) is 4.03. The molecule has 222 valence electrons. The number of phosphoric ester groups is 1. The van der Waals surface area contributed by atoms with Crippen LogP contribution < -0.4 is 21.3 Å². The molecule has 0 aliphatic heterocycles. The third kappa shape index (κ3) is 20.9. The van der Waals surface area contributed by atoms with Gasteiger partial charge in [0, 0.05) is 59.5 Å². The first-order chi connectivity index (χ1) is 18.0. The smallest absolute Gasteiger partial charge is 0.396 e. The molecular formula is C24H47N4O9P. The summed E-state index contributed by atoms with van der Waals surface area (Å²) in [6, 6.07) is -0.668. The van der Waals surface area contributed by atoms with Crippen LogP contribution in [0.15, 0.2) is 0 Å². The van der Waals surface area contributed by atoms with Gasteiger partial charge in [0.1, 0.15) is 6.04 Å². The van der Waals surface area contributed by atoms with Gasteiger partial charge in [0.05, 0.1) is 6.61 Å². The second kappa shape index (κ2) is 21.8. The molecular weight excluding hydrogens is 519 g/mol. The molecule has 0 aromatic heterocycles. The molecule has 0 rings (SSSR count). The first kappa shape index (κ1) is 35.9. The van der Waals surface area contributed by atoms with Crippen LogP contribution in [0.2, 0.25) is 0 Å². The molecule has 4 amide bonds. The number of aliphatic hydroxyl groups excluding tert-OH is 1. The van der Waals surface area contributed by atoms with Gasteiger partial charge in [0.2, 0.25) is 23.6 Å². The molecule has 0 saturated carbocycles. The lowest BCUT2D eigenvalue weighted by Gasteiger charge is -2.18. The van der Waals surface area contributed by atoms with E-state index in [1.54, 1.807) is 0 Å². The van der Waals surface area contributed by atoms with Crippen molar-refractivity contribution in [1.82, 2.24) is 21.3 Å². The minimum Gasteiger partial charge on any atom is -0.396 e. The summed E-state index contributed by atoms with van der Waals surface area (Å²) in [5.41, 5.74) is 0. The van der Waals surface area contributed by atoms with E-state index < -0.39 is 13.9 Å². The summed E-state index contributed by atoms with van der Waals surface area (Å²) in [5, 5.41) is 20.4. The van der Waals surface area contributed by atoms with E-state index in [1.807, 2.05) is 0 Å². The number of unbranched alkanes of at least 4 members (excludes halogenated alkanes) is 4. The standard InChI is InChI=1S/C24H47N4O9P/c1-19(30)25-14-8-4-5-13-23(32)26-15-10-7-12-22(28-20(2)31)24(33)27-16-9-6-11-21(17-29)18-37-38(34,35)36-3/h21-22,29H,4-18H2,1-3H3,(H,25,30)(H,26,32)(H,27,33)(H,28,31)(H,34,35)/t21?,22-/m0/s1. The lowest BCUT2D eigenvalue weighted by atomic mass is 10.0. The minimum absolute atomic E-state index is 0.0280. The van der Waals surface area contributed by atoms with E-state index >= 15 is 0 Å². The molecule has 0 heterocycles. The third-order valence-corrected chi connectivity index (χ3v) is 6.63. The van der Waals surface area contributed by atoms with E-state index in [1.165, 1.54) is 13.8 Å². The first-order valence-corrected chi connectivity index (χ1v) is 14.7. The van der Waals surface area contributed by atoms with Crippen LogP contribution in [-0.2, 0) is 32.8 Å². The number of nitrogens with one attached hydrogen (secondary N) is 4. The van der Waals surface area contributed by atoms with E-state index in [2.05, 4.69) is 25.8 Å². The maximum atomic E-state index is 12.5. The summed E-state index contributed by atoms with van der Waals surface area (Å²) < 4.78 is 20.5. The van der Waals surface area contributed by atoms with Gasteiger partial charge in [-0.15, -0.1) is 0 Å². The zero-order valence-corrected chi connectivity index (χ0v) is 23.9. The Bertz CT molecular complexity index is 754. The maximum Gasteiger partial charge on any atom is 0.471 e. The molecule has 0 aromatic carbocycles. The molecule has 0 aliphatic rings. The number of aliphatic hydroxyl groups is 1. The molecule has 2 unspecified atom stereocenters. The van der Waals surface area contributed by atoms with Crippen molar-refractivity contribution in [3.05, 3.63) is 0 Å². The summed E-state index contributed by atoms with van der Waals surface area (Å²) in [4.78, 5) is 56.0. The molecule has 0 bridgehead atoms. The number of rotatable bonds is 23. The van der Waals surface area contributed by atoms with Crippen LogP contribution in [0.1, 0.15) is 78.1 Å². The highest BCUT2D eigenvalue weighted by atomic mass is 31.2. The first-order valence-electron chi connectivity index (χ1n) is 13.2. The second-order valence-corrected chi connectivity index (χ2v) is 10.7. The molecule has 0 radical (unpaired) electrons. The van der Waals surface area contributed by atoms with Gasteiger partial charge in [-0.3, -0.25) is 28.2 Å². The van der Waals surface area contributed by atoms with Gasteiger partial charge in [-0.1, -0.05) is 12.8 Å². The Morgan fingerprint density at radius 2 is 1.42 bits per heavy atom. The molecule has 6 N–H and O–H groups in total. The highest BCUT2D eigenvalue weighted by Gasteiger charge is 2.21. The Balaban J connectivity index is 4.11. The average Bonchev–Trinajstić information content (AvgIpc) is 2.86. The Morgan fingerprint density at radius 3 is 2.03 bits per heavy atom. The highest BCUT2D eigenvalue weighted by molar-refractivity contribution is 7.47. The number of hydrogen-bond acceptors (Lipinski definition) is 8. The van der Waals surface area contributed by atoms with Gasteiger partial charge in [-0.25, -0.2) is 4.57 Å². The molecule has 0 fully saturated rings. The number of carbonyl (C=O) groups is 4. The highest BCUT2D eigenvalue weighted by Crippen LogP contribution is 2.42. The monoisotopic (exact) mass is 566 g/mol. The average molecular weight is 567 g/mol. The molecule has 38 heavy (non-hydrogen) atoms. The number of hydrogen-bond donors (Lipinski definition) is 6. The van der Waals surface area contributed by atoms with Gasteiger partial charge in [0.15, 0.2) is 0 Å². The molecule has 0 spiro atoms. The molecule has 0 saturated heterocycles. The van der Waals surface area contributed by atoms with Gasteiger partial charge in [0.25, 0.3) is 0 Å². The number of carbonyl (C=O) groups excluding carboxylic acids is 4. The zero-order chi connectivity index (χ0) is 28.8. The lowest BCUT2D eigenvalue weighted by molar-refractivity contribution is -0.128. The molecule has 0 aliphatic carbocycles. The van der Waals surface area contributed by atoms with Crippen LogP contribution >= 0.6 is 7.82 Å². The Hall–Kier alpha value is -2.05. The van der Waals surface area contributed by atoms with E-state index in [-0.39, 0.29) is 42.8 Å². The molecule has 0 aromatic rings. The Kier molecular flexibility index (Phi) is 20.7. The minimum atomic E-state index is -4.09. The van der Waals surface area contributed by atoms with Crippen molar-refractivity contribution in [2.75, 3.05) is 40.0 Å². The van der Waals surface area contributed by atoms with Gasteiger partial charge < -0.3 is 31.3 Å². The summed E-state index contributed by atoms with van der Waals surface area (Å²) >= 11 is 0. The Labute approximate surface area is 225 Å². The van der Waals surface area contributed by atoms with E-state index in [4.69, 9.17) is 4.52 Å². The predicted molar refractivity (Wildman–Crippen MR) is 142 cm³/mol. The van der Waals surface area contributed by atoms with Crippen LogP contribution in [0, 0.1) is 5.92 Å². The zero-order valence-electron chi connectivity index (χ0n) is 23.0. The largest absolute Gasteiger partial charge is 0.471 e. The normalized spacial score (nSPS) is 14.1. The van der Waals surface area contributed by atoms with Gasteiger partial charge in [-0.2, -0.15) is 0 Å². The summed E-state index contributed by atoms with van der Waals surface area (Å²) in [6.45, 7) is 3.99. The topological polar surface area (TPSA) is 192 Å². The fraction of sp³-hybridized carbons (Fsp3) is 0.833. The van der Waals surface area contributed by atoms with Crippen molar-refractivity contribution in [3.8, 4) is 0 Å². The third-order valence-electron chi connectivity index (χ3n) is 5.69. The summed E-state index contributed by atoms with van der Waals surface area (Å²) in [6.07, 6.45) is 6.44. The van der Waals surface area contributed by atoms with Crippen LogP contribution in [0.4, 0.5) is 0 Å². The van der Waals surface area contributed by atoms with E-state index in [9.17, 15) is 33.7 Å². The Morgan fingerprint density at radius 1 is 0.816 bits per heavy atom. The lowest BCUT2D eigenvalue weighted by Crippen LogP contribution is -2.46. The van der Waals surface area contributed by atoms with Crippen molar-refractivity contribution < 1.29 is 42.8 Å². The van der Waals surface area contributed by atoms with Gasteiger partial charge >= 0.3 is 7.82 Å². The molecule has 14 heteroatoms. The molecule has 13 nitrogen and oxygen atoms in total. The number of amides is 4. The predicted octanol–water partition coefficient (Wildman–Crippen LogP) is 1.13. The van der Waals surface area contributed by atoms with Crippen LogP contribution in [-0.4, -0.2) is 79.6 Å². The summed E-state index contributed by atoms with van der Waals surface area (Å²) in [5.74, 6) is -1.01. The quantitative estimate of drug-likeness (QED) is 0.0777. The summed E-state index contributed by atoms with van der Waals surface area (Å²) in [7, 11) is -3.02. The van der Waals surface area contributed by atoms with Crippen LogP contribution in [0.5, 0.6) is 0 Å². The van der Waals surface area contributed by atoms with Crippen molar-refractivity contribution >= 4 is 31.5 Å². The van der Waals surface area contributed by atoms with Crippen molar-refractivity contribution in [3.63, 3.8) is 0 Å². The van der Waals surface area contributed by atoms with E-state index in [0.29, 0.717) is 64.6 Å². The number of phosphoric acid groups is 1. The fourth-order valence-electron chi connectivity index (χ4n) is 3.53. The van der Waals surface area contributed by atoms with Crippen LogP contribution in [0.3, 0.4) is 0 Å². The SMILES string of the molecule is COP(=O)(O)OCC(CO)CCCCNC(=O)[C@H](CCCCNC(=O)CCCCCNC(C)=O)NC(C)=O. The molecule has 3 atom stereocenters. The van der Waals surface area contributed by atoms with E-state index in [0.717, 1.165) is 26.4 Å². The van der Waals surface area contributed by atoms with Gasteiger partial charge in [-0.05, 0) is 44.9 Å². The van der Waals surface area contributed by atoms with Crippen molar-refractivity contribution in [2.45, 2.75) is 84.1 Å². The van der Waals surface area contributed by atoms with Crippen molar-refractivity contribution in [1.29, 1.82) is 0 Å². The maximum absolute atomic E-state index is 12.5. The second-order valence-electron chi connectivity index (χ2n) is 9.17.